The fourth-order valence-electron chi connectivity index (χ4n) is 1.83. The highest BCUT2D eigenvalue weighted by Gasteiger charge is 2.18. The average molecular weight is 267 g/mol. The van der Waals surface area contributed by atoms with Crippen LogP contribution in [0.2, 0.25) is 0 Å². The van der Waals surface area contributed by atoms with Gasteiger partial charge >= 0.3 is 5.97 Å². The molecule has 3 nitrogen and oxygen atoms in total. The van der Waals surface area contributed by atoms with Crippen molar-refractivity contribution in [3.8, 4) is 0 Å². The Morgan fingerprint density at radius 2 is 2.06 bits per heavy atom. The number of benzene rings is 1. The summed E-state index contributed by atoms with van der Waals surface area (Å²) in [5.74, 6) is 0.261. The van der Waals surface area contributed by atoms with Crippen molar-refractivity contribution >= 4 is 17.7 Å². The number of carbonyl (C=O) groups excluding carboxylic acids is 1. The van der Waals surface area contributed by atoms with Crippen LogP contribution in [0.25, 0.3) is 0 Å². The highest BCUT2D eigenvalue weighted by molar-refractivity contribution is 8.00. The second kappa shape index (κ2) is 8.16. The predicted molar refractivity (Wildman–Crippen MR) is 76.8 cm³/mol. The maximum Gasteiger partial charge on any atom is 0.315 e. The first-order chi connectivity index (χ1) is 8.69. The Bertz CT molecular complexity index is 356. The summed E-state index contributed by atoms with van der Waals surface area (Å²) >= 11 is 1.61. The molecule has 2 atom stereocenters. The van der Waals surface area contributed by atoms with Crippen LogP contribution in [0.4, 0.5) is 0 Å². The largest absolute Gasteiger partial charge is 0.465 e. The molecular weight excluding hydrogens is 246 g/mol. The van der Waals surface area contributed by atoms with Crippen molar-refractivity contribution < 1.29 is 9.53 Å². The van der Waals surface area contributed by atoms with Crippen molar-refractivity contribution in [3.05, 3.63) is 35.9 Å². The van der Waals surface area contributed by atoms with Crippen LogP contribution in [0.3, 0.4) is 0 Å². The number of hydrogen-bond acceptors (Lipinski definition) is 4. The van der Waals surface area contributed by atoms with E-state index in [1.165, 1.54) is 5.56 Å². The Labute approximate surface area is 113 Å². The molecule has 0 spiro atoms. The van der Waals surface area contributed by atoms with Gasteiger partial charge in [-0.05, 0) is 19.5 Å². The predicted octanol–water partition coefficient (Wildman–Crippen LogP) is 2.63. The third-order valence-electron chi connectivity index (χ3n) is 2.71. The summed E-state index contributed by atoms with van der Waals surface area (Å²) < 4.78 is 4.93. The van der Waals surface area contributed by atoms with Crippen molar-refractivity contribution in [2.24, 2.45) is 0 Å². The molecule has 0 aliphatic carbocycles. The number of esters is 1. The van der Waals surface area contributed by atoms with Crippen LogP contribution in [-0.2, 0) is 9.53 Å². The Morgan fingerprint density at radius 1 is 1.39 bits per heavy atom. The van der Waals surface area contributed by atoms with E-state index in [9.17, 15) is 4.79 Å². The standard InChI is InChI=1S/C14H21NO2S/c1-4-17-13(16)10-18-11(2)14(15-3)12-8-6-5-7-9-12/h5-9,11,14-15H,4,10H2,1-3H3. The van der Waals surface area contributed by atoms with Crippen LogP contribution in [0.5, 0.6) is 0 Å². The van der Waals surface area contributed by atoms with Gasteiger partial charge in [-0.1, -0.05) is 37.3 Å². The minimum Gasteiger partial charge on any atom is -0.465 e. The van der Waals surface area contributed by atoms with Gasteiger partial charge in [-0.3, -0.25) is 4.79 Å². The summed E-state index contributed by atoms with van der Waals surface area (Å²) in [5, 5.41) is 3.61. The van der Waals surface area contributed by atoms with Crippen LogP contribution < -0.4 is 5.32 Å². The fourth-order valence-corrected chi connectivity index (χ4v) is 2.80. The number of rotatable bonds is 7. The molecule has 0 aliphatic rings. The molecule has 0 saturated carbocycles. The summed E-state index contributed by atoms with van der Waals surface area (Å²) in [7, 11) is 1.94. The van der Waals surface area contributed by atoms with Crippen molar-refractivity contribution in [1.29, 1.82) is 0 Å². The zero-order chi connectivity index (χ0) is 13.4. The lowest BCUT2D eigenvalue weighted by atomic mass is 10.0. The molecule has 1 aromatic carbocycles. The van der Waals surface area contributed by atoms with Crippen LogP contribution in [-0.4, -0.2) is 30.6 Å². The highest BCUT2D eigenvalue weighted by Crippen LogP contribution is 2.26. The molecule has 1 rings (SSSR count). The Kier molecular flexibility index (Phi) is 6.83. The second-order valence-electron chi connectivity index (χ2n) is 4.00. The van der Waals surface area contributed by atoms with Gasteiger partial charge in [0.15, 0.2) is 0 Å². The van der Waals surface area contributed by atoms with Gasteiger partial charge in [0.05, 0.1) is 12.4 Å². The molecule has 100 valence electrons. The van der Waals surface area contributed by atoms with Gasteiger partial charge in [0, 0.05) is 11.3 Å². The molecule has 18 heavy (non-hydrogen) atoms. The van der Waals surface area contributed by atoms with Crippen molar-refractivity contribution in [3.63, 3.8) is 0 Å². The van der Waals surface area contributed by atoms with E-state index in [1.807, 2.05) is 32.2 Å². The molecule has 2 unspecified atom stereocenters. The maximum atomic E-state index is 11.3. The fraction of sp³-hybridized carbons (Fsp3) is 0.500. The average Bonchev–Trinajstić information content (AvgIpc) is 2.39. The summed E-state index contributed by atoms with van der Waals surface area (Å²) in [6.45, 7) is 4.40. The molecule has 0 fully saturated rings. The van der Waals surface area contributed by atoms with Gasteiger partial charge in [-0.25, -0.2) is 0 Å². The molecule has 0 radical (unpaired) electrons. The zero-order valence-electron chi connectivity index (χ0n) is 11.2. The van der Waals surface area contributed by atoms with E-state index in [-0.39, 0.29) is 12.0 Å². The first-order valence-corrected chi connectivity index (χ1v) is 7.23. The monoisotopic (exact) mass is 267 g/mol. The molecular formula is C14H21NO2S. The SMILES string of the molecule is CCOC(=O)CSC(C)C(NC)c1ccccc1. The summed E-state index contributed by atoms with van der Waals surface area (Å²) in [5.41, 5.74) is 1.24. The minimum absolute atomic E-state index is 0.141. The van der Waals surface area contributed by atoms with Crippen molar-refractivity contribution in [1.82, 2.24) is 5.32 Å². The lowest BCUT2D eigenvalue weighted by Crippen LogP contribution is -2.26. The molecule has 0 bridgehead atoms. The number of ether oxygens (including phenoxy) is 1. The maximum absolute atomic E-state index is 11.3. The third-order valence-corrected chi connectivity index (χ3v) is 3.91. The van der Waals surface area contributed by atoms with E-state index in [2.05, 4.69) is 24.4 Å². The minimum atomic E-state index is -0.141. The van der Waals surface area contributed by atoms with Gasteiger partial charge in [0.25, 0.3) is 0 Å². The van der Waals surface area contributed by atoms with E-state index >= 15 is 0 Å². The molecule has 0 aromatic heterocycles. The van der Waals surface area contributed by atoms with Crippen LogP contribution in [0, 0.1) is 0 Å². The van der Waals surface area contributed by atoms with Gasteiger partial charge in [0.1, 0.15) is 0 Å². The van der Waals surface area contributed by atoms with Gasteiger partial charge < -0.3 is 10.1 Å². The Hall–Kier alpha value is -1.00. The number of nitrogens with one attached hydrogen (secondary N) is 1. The Morgan fingerprint density at radius 3 is 2.61 bits per heavy atom. The molecule has 0 amide bonds. The van der Waals surface area contributed by atoms with E-state index in [0.717, 1.165) is 0 Å². The number of thioether (sulfide) groups is 1. The molecule has 4 heteroatoms. The van der Waals surface area contributed by atoms with Crippen molar-refractivity contribution in [2.45, 2.75) is 25.1 Å². The third kappa shape index (κ3) is 4.70. The van der Waals surface area contributed by atoms with Gasteiger partial charge in [-0.2, -0.15) is 0 Å². The summed E-state index contributed by atoms with van der Waals surface area (Å²) in [6, 6.07) is 10.5. The van der Waals surface area contributed by atoms with Crippen LogP contribution in [0.15, 0.2) is 30.3 Å². The molecule has 0 heterocycles. The summed E-state index contributed by atoms with van der Waals surface area (Å²) in [4.78, 5) is 11.3. The normalized spacial score (nSPS) is 13.9. The van der Waals surface area contributed by atoms with E-state index in [4.69, 9.17) is 4.74 Å². The second-order valence-corrected chi connectivity index (χ2v) is 5.36. The topological polar surface area (TPSA) is 38.3 Å². The lowest BCUT2D eigenvalue weighted by Gasteiger charge is -2.23. The van der Waals surface area contributed by atoms with Crippen LogP contribution >= 0.6 is 11.8 Å². The smallest absolute Gasteiger partial charge is 0.315 e. The van der Waals surface area contributed by atoms with Gasteiger partial charge in [-0.15, -0.1) is 11.8 Å². The van der Waals surface area contributed by atoms with Crippen molar-refractivity contribution in [2.75, 3.05) is 19.4 Å². The molecule has 1 N–H and O–H groups in total. The van der Waals surface area contributed by atoms with E-state index in [0.29, 0.717) is 17.6 Å². The first-order valence-electron chi connectivity index (χ1n) is 6.18. The molecule has 0 aliphatic heterocycles. The molecule has 1 aromatic rings. The molecule has 0 saturated heterocycles. The number of hydrogen-bond donors (Lipinski definition) is 1. The van der Waals surface area contributed by atoms with Gasteiger partial charge in [0.2, 0.25) is 0 Å². The van der Waals surface area contributed by atoms with E-state index < -0.39 is 0 Å². The first kappa shape index (κ1) is 15.1. The zero-order valence-corrected chi connectivity index (χ0v) is 12.0. The lowest BCUT2D eigenvalue weighted by molar-refractivity contribution is -0.139. The highest BCUT2D eigenvalue weighted by atomic mass is 32.2. The quantitative estimate of drug-likeness (QED) is 0.771. The summed E-state index contributed by atoms with van der Waals surface area (Å²) in [6.07, 6.45) is 0. The van der Waals surface area contributed by atoms with Crippen LogP contribution in [0.1, 0.15) is 25.5 Å². The number of carbonyl (C=O) groups is 1. The van der Waals surface area contributed by atoms with E-state index in [1.54, 1.807) is 11.8 Å². The Balaban J connectivity index is 2.53.